The van der Waals surface area contributed by atoms with Gasteiger partial charge in [-0.1, -0.05) is 0 Å². The number of halogens is 1. The van der Waals surface area contributed by atoms with Crippen LogP contribution in [0.3, 0.4) is 0 Å². The molecule has 2 heterocycles. The van der Waals surface area contributed by atoms with Crippen molar-refractivity contribution in [1.82, 2.24) is 15.2 Å². The molecule has 0 radical (unpaired) electrons. The lowest BCUT2D eigenvalue weighted by atomic mass is 9.95. The fourth-order valence-electron chi connectivity index (χ4n) is 3.64. The van der Waals surface area contributed by atoms with Gasteiger partial charge in [-0.25, -0.2) is 4.39 Å². The van der Waals surface area contributed by atoms with Gasteiger partial charge in [0.1, 0.15) is 5.82 Å². The third-order valence-electron chi connectivity index (χ3n) is 4.99. The minimum absolute atomic E-state index is 0.00818. The average Bonchev–Trinajstić information content (AvgIpc) is 2.62. The number of nitrogen functional groups attached to an aromatic ring is 1. The van der Waals surface area contributed by atoms with Crippen LogP contribution in [0.2, 0.25) is 0 Å². The van der Waals surface area contributed by atoms with Crippen molar-refractivity contribution in [2.45, 2.75) is 32.3 Å². The van der Waals surface area contributed by atoms with Crippen LogP contribution in [0, 0.1) is 11.7 Å². The summed E-state index contributed by atoms with van der Waals surface area (Å²) in [5.74, 6) is -0.582. The minimum atomic E-state index is -0.700. The van der Waals surface area contributed by atoms with Crippen LogP contribution in [-0.4, -0.2) is 52.7 Å². The van der Waals surface area contributed by atoms with E-state index >= 15 is 0 Å². The molecule has 1 amide bonds. The highest BCUT2D eigenvalue weighted by Gasteiger charge is 2.24. The molecule has 7 heteroatoms. The van der Waals surface area contributed by atoms with Gasteiger partial charge in [0.15, 0.2) is 0 Å². The van der Waals surface area contributed by atoms with Crippen LogP contribution in [0.4, 0.5) is 10.1 Å². The summed E-state index contributed by atoms with van der Waals surface area (Å²) in [7, 11) is 0. The van der Waals surface area contributed by atoms with Gasteiger partial charge >= 0.3 is 0 Å². The van der Waals surface area contributed by atoms with Crippen LogP contribution >= 0.6 is 0 Å². The number of piperidine rings is 1. The molecule has 1 saturated heterocycles. The normalized spacial score (nSPS) is 16.6. The van der Waals surface area contributed by atoms with Crippen LogP contribution in [0.25, 0.3) is 10.9 Å². The van der Waals surface area contributed by atoms with Crippen molar-refractivity contribution >= 4 is 22.5 Å². The summed E-state index contributed by atoms with van der Waals surface area (Å²) in [4.78, 5) is 19.1. The number of nitrogens with zero attached hydrogens (tertiary/aromatic N) is 2. The molecule has 0 saturated carbocycles. The van der Waals surface area contributed by atoms with Gasteiger partial charge in [0.2, 0.25) is 0 Å². The second kappa shape index (κ2) is 7.78. The van der Waals surface area contributed by atoms with E-state index in [0.29, 0.717) is 29.9 Å². The predicted octanol–water partition coefficient (Wildman–Crippen LogP) is 2.17. The molecule has 146 valence electrons. The molecule has 6 nitrogen and oxygen atoms in total. The molecule has 1 aromatic carbocycles. The number of aromatic nitrogens is 1. The van der Waals surface area contributed by atoms with Gasteiger partial charge in [0.05, 0.1) is 22.4 Å². The number of aliphatic hydroxyl groups is 1. The first-order valence-electron chi connectivity index (χ1n) is 9.30. The number of hydrogen-bond donors (Lipinski definition) is 3. The smallest absolute Gasteiger partial charge is 0.253 e. The Kier molecular flexibility index (Phi) is 5.62. The van der Waals surface area contributed by atoms with E-state index in [9.17, 15) is 14.3 Å². The molecule has 1 aliphatic heterocycles. The number of carbonyl (C=O) groups excluding carboxylic acids is 1. The average molecular weight is 374 g/mol. The van der Waals surface area contributed by atoms with Crippen molar-refractivity contribution in [1.29, 1.82) is 0 Å². The van der Waals surface area contributed by atoms with Crippen molar-refractivity contribution in [3.63, 3.8) is 0 Å². The van der Waals surface area contributed by atoms with E-state index in [2.05, 4.69) is 15.2 Å². The molecule has 1 aromatic heterocycles. The summed E-state index contributed by atoms with van der Waals surface area (Å²) >= 11 is 0. The third-order valence-corrected chi connectivity index (χ3v) is 4.99. The number of likely N-dealkylation sites (tertiary alicyclic amines) is 1. The number of hydrogen-bond acceptors (Lipinski definition) is 5. The second-order valence-corrected chi connectivity index (χ2v) is 7.96. The van der Waals surface area contributed by atoms with Crippen molar-refractivity contribution in [3.05, 3.63) is 35.8 Å². The highest BCUT2D eigenvalue weighted by molar-refractivity contribution is 6.08. The molecular weight excluding hydrogens is 347 g/mol. The van der Waals surface area contributed by atoms with Crippen LogP contribution < -0.4 is 11.1 Å². The highest BCUT2D eigenvalue weighted by Crippen LogP contribution is 2.26. The Balaban J connectivity index is 1.61. The molecule has 0 unspecified atom stereocenters. The number of β-amino-alcohol motifs (C(OH)–C–C–N with tert-alkyl or cyclic N) is 1. The summed E-state index contributed by atoms with van der Waals surface area (Å²) in [6, 6.07) is 4.49. The maximum absolute atomic E-state index is 14.1. The Morgan fingerprint density at radius 3 is 2.81 bits per heavy atom. The summed E-state index contributed by atoms with van der Waals surface area (Å²) in [5.41, 5.74) is 5.69. The number of rotatable bonds is 5. The predicted molar refractivity (Wildman–Crippen MR) is 104 cm³/mol. The van der Waals surface area contributed by atoms with E-state index in [4.69, 9.17) is 5.73 Å². The summed E-state index contributed by atoms with van der Waals surface area (Å²) in [6.07, 6.45) is 3.46. The van der Waals surface area contributed by atoms with E-state index in [1.807, 2.05) is 13.8 Å². The Labute approximate surface area is 158 Å². The van der Waals surface area contributed by atoms with E-state index < -0.39 is 11.4 Å². The van der Waals surface area contributed by atoms with Crippen LogP contribution in [0.1, 0.15) is 37.0 Å². The Bertz CT molecular complexity index is 827. The van der Waals surface area contributed by atoms with Crippen LogP contribution in [0.15, 0.2) is 24.4 Å². The molecule has 0 aliphatic carbocycles. The zero-order valence-corrected chi connectivity index (χ0v) is 15.8. The van der Waals surface area contributed by atoms with Crippen molar-refractivity contribution < 1.29 is 14.3 Å². The maximum atomic E-state index is 14.1. The largest absolute Gasteiger partial charge is 0.396 e. The molecule has 0 atom stereocenters. The van der Waals surface area contributed by atoms with Gasteiger partial charge in [-0.05, 0) is 63.9 Å². The number of nitrogens with one attached hydrogen (secondary N) is 1. The first-order chi connectivity index (χ1) is 12.7. The van der Waals surface area contributed by atoms with Crippen LogP contribution in [0.5, 0.6) is 0 Å². The minimum Gasteiger partial charge on any atom is -0.396 e. The standard InChI is InChI=1S/C20H27FN4O2/c1-20(2,27)12-25-8-5-13(6-9-25)11-24-19(26)15-10-16(21)17(22)14-4-3-7-23-18(14)15/h3-4,7,10,13,27H,5-6,8-9,11-12,22H2,1-2H3,(H,24,26). The summed E-state index contributed by atoms with van der Waals surface area (Å²) in [6.45, 7) is 6.59. The Hall–Kier alpha value is -2.25. The van der Waals surface area contributed by atoms with Crippen LogP contribution in [-0.2, 0) is 0 Å². The number of carbonyl (C=O) groups is 1. The zero-order chi connectivity index (χ0) is 19.6. The molecule has 3 rings (SSSR count). The fourth-order valence-corrected chi connectivity index (χ4v) is 3.64. The SMILES string of the molecule is CC(C)(O)CN1CCC(CNC(=O)c2cc(F)c(N)c3cccnc23)CC1. The summed E-state index contributed by atoms with van der Waals surface area (Å²) in [5, 5.41) is 13.3. The lowest BCUT2D eigenvalue weighted by Crippen LogP contribution is -2.44. The van der Waals surface area contributed by atoms with Crippen molar-refractivity contribution in [2.75, 3.05) is 31.9 Å². The first kappa shape index (κ1) is 19.5. The van der Waals surface area contributed by atoms with Gasteiger partial charge in [0, 0.05) is 24.7 Å². The van der Waals surface area contributed by atoms with E-state index in [-0.39, 0.29) is 17.2 Å². The molecule has 0 spiro atoms. The molecule has 4 N–H and O–H groups in total. The number of nitrogens with two attached hydrogens (primary N) is 1. The molecule has 0 bridgehead atoms. The number of fused-ring (bicyclic) bond motifs is 1. The number of pyridine rings is 1. The number of amides is 1. The van der Waals surface area contributed by atoms with E-state index in [0.717, 1.165) is 32.0 Å². The van der Waals surface area contributed by atoms with Gasteiger partial charge in [-0.2, -0.15) is 0 Å². The lowest BCUT2D eigenvalue weighted by molar-refractivity contribution is 0.0245. The third kappa shape index (κ3) is 4.73. The second-order valence-electron chi connectivity index (χ2n) is 7.96. The molecule has 1 fully saturated rings. The van der Waals surface area contributed by atoms with Crippen molar-refractivity contribution in [2.24, 2.45) is 5.92 Å². The number of anilines is 1. The first-order valence-corrected chi connectivity index (χ1v) is 9.30. The molecule has 27 heavy (non-hydrogen) atoms. The maximum Gasteiger partial charge on any atom is 0.253 e. The molecule has 2 aromatic rings. The zero-order valence-electron chi connectivity index (χ0n) is 15.8. The van der Waals surface area contributed by atoms with Gasteiger partial charge in [0.25, 0.3) is 5.91 Å². The van der Waals surface area contributed by atoms with Crippen molar-refractivity contribution in [3.8, 4) is 0 Å². The topological polar surface area (TPSA) is 91.5 Å². The Morgan fingerprint density at radius 2 is 2.15 bits per heavy atom. The number of benzene rings is 1. The highest BCUT2D eigenvalue weighted by atomic mass is 19.1. The van der Waals surface area contributed by atoms with E-state index in [1.54, 1.807) is 18.3 Å². The fraction of sp³-hybridized carbons (Fsp3) is 0.500. The van der Waals surface area contributed by atoms with Gasteiger partial charge in [-0.15, -0.1) is 0 Å². The van der Waals surface area contributed by atoms with Gasteiger partial charge < -0.3 is 21.1 Å². The summed E-state index contributed by atoms with van der Waals surface area (Å²) < 4.78 is 14.1. The van der Waals surface area contributed by atoms with Gasteiger partial charge in [-0.3, -0.25) is 9.78 Å². The lowest BCUT2D eigenvalue weighted by Gasteiger charge is -2.35. The quantitative estimate of drug-likeness (QED) is 0.698. The van der Waals surface area contributed by atoms with E-state index in [1.165, 1.54) is 0 Å². The molecular formula is C20H27FN4O2. The Morgan fingerprint density at radius 1 is 1.44 bits per heavy atom. The molecule has 1 aliphatic rings. The monoisotopic (exact) mass is 374 g/mol.